The van der Waals surface area contributed by atoms with Crippen molar-refractivity contribution < 1.29 is 17.2 Å². The van der Waals surface area contributed by atoms with Crippen molar-refractivity contribution in [3.63, 3.8) is 0 Å². The Morgan fingerprint density at radius 3 is 2.58 bits per heavy atom. The van der Waals surface area contributed by atoms with E-state index in [9.17, 15) is 17.2 Å². The zero-order valence-electron chi connectivity index (χ0n) is 9.21. The Hall–Kier alpha value is -2.31. The van der Waals surface area contributed by atoms with Crippen molar-refractivity contribution in [2.75, 3.05) is 0 Å². The van der Waals surface area contributed by atoms with E-state index in [0.717, 1.165) is 18.3 Å². The Balaban J connectivity index is 2.78. The molecule has 0 aliphatic rings. The summed E-state index contributed by atoms with van der Waals surface area (Å²) in [6, 6.07) is 4.07. The summed E-state index contributed by atoms with van der Waals surface area (Å²) >= 11 is 0. The van der Waals surface area contributed by atoms with Crippen molar-refractivity contribution >= 4 is 10.0 Å². The molecule has 19 heavy (non-hydrogen) atoms. The quantitative estimate of drug-likeness (QED) is 0.875. The third-order valence-electron chi connectivity index (χ3n) is 2.25. The molecule has 0 radical (unpaired) electrons. The molecule has 0 fully saturated rings. The summed E-state index contributed by atoms with van der Waals surface area (Å²) < 4.78 is 49.9. The SMILES string of the molecule is N#Cc1cnn(-c2ccc(F)cc2F)c1S(N)(=O)=O. The average Bonchev–Trinajstić information content (AvgIpc) is 2.72. The van der Waals surface area contributed by atoms with Crippen LogP contribution < -0.4 is 5.14 Å². The number of hydrogen-bond acceptors (Lipinski definition) is 4. The van der Waals surface area contributed by atoms with Gasteiger partial charge >= 0.3 is 0 Å². The van der Waals surface area contributed by atoms with Gasteiger partial charge in [0.15, 0.2) is 10.8 Å². The fourth-order valence-corrected chi connectivity index (χ4v) is 2.30. The minimum Gasteiger partial charge on any atom is -0.223 e. The minimum atomic E-state index is -4.29. The van der Waals surface area contributed by atoms with E-state index in [4.69, 9.17) is 10.4 Å². The van der Waals surface area contributed by atoms with E-state index in [-0.39, 0.29) is 11.3 Å². The lowest BCUT2D eigenvalue weighted by atomic mass is 10.3. The number of aromatic nitrogens is 2. The minimum absolute atomic E-state index is 0.327. The summed E-state index contributed by atoms with van der Waals surface area (Å²) in [6.45, 7) is 0. The molecule has 0 aliphatic carbocycles. The molecule has 1 aromatic heterocycles. The molecule has 0 bridgehead atoms. The highest BCUT2D eigenvalue weighted by Gasteiger charge is 2.23. The van der Waals surface area contributed by atoms with Crippen LogP contribution in [0.3, 0.4) is 0 Å². The molecule has 1 heterocycles. The first-order valence-electron chi connectivity index (χ1n) is 4.81. The molecule has 0 aliphatic heterocycles. The molecule has 0 atom stereocenters. The third kappa shape index (κ3) is 2.31. The first kappa shape index (κ1) is 13.1. The highest BCUT2D eigenvalue weighted by Crippen LogP contribution is 2.21. The Morgan fingerprint density at radius 2 is 2.05 bits per heavy atom. The molecule has 0 unspecified atom stereocenters. The van der Waals surface area contributed by atoms with Crippen LogP contribution in [0.5, 0.6) is 0 Å². The van der Waals surface area contributed by atoms with Gasteiger partial charge in [0.1, 0.15) is 23.1 Å². The second kappa shape index (κ2) is 4.42. The molecule has 0 spiro atoms. The van der Waals surface area contributed by atoms with Crippen molar-refractivity contribution in [2.45, 2.75) is 5.03 Å². The number of halogens is 2. The van der Waals surface area contributed by atoms with Crippen LogP contribution in [0.4, 0.5) is 8.78 Å². The van der Waals surface area contributed by atoms with E-state index < -0.39 is 26.7 Å². The van der Waals surface area contributed by atoms with Crippen LogP contribution in [0.1, 0.15) is 5.56 Å². The first-order chi connectivity index (χ1) is 8.84. The molecule has 0 saturated carbocycles. The van der Waals surface area contributed by atoms with Gasteiger partial charge < -0.3 is 0 Å². The summed E-state index contributed by atoms with van der Waals surface area (Å²) in [6.07, 6.45) is 0.933. The molecular formula is C10H6F2N4O2S. The van der Waals surface area contributed by atoms with E-state index in [1.807, 2.05) is 0 Å². The lowest BCUT2D eigenvalue weighted by Gasteiger charge is -2.07. The van der Waals surface area contributed by atoms with Gasteiger partial charge in [0.2, 0.25) is 0 Å². The molecule has 1 aromatic carbocycles. The molecule has 2 aromatic rings. The number of hydrogen-bond donors (Lipinski definition) is 1. The Kier molecular flexibility index (Phi) is 3.05. The smallest absolute Gasteiger partial charge is 0.223 e. The van der Waals surface area contributed by atoms with Crippen LogP contribution in [-0.4, -0.2) is 18.2 Å². The average molecular weight is 284 g/mol. The highest BCUT2D eigenvalue weighted by atomic mass is 32.2. The van der Waals surface area contributed by atoms with Crippen LogP contribution in [0, 0.1) is 23.0 Å². The lowest BCUT2D eigenvalue weighted by Crippen LogP contribution is -2.19. The Labute approximate surface area is 106 Å². The van der Waals surface area contributed by atoms with Gasteiger partial charge in [-0.05, 0) is 12.1 Å². The number of nitrogens with zero attached hydrogens (tertiary/aromatic N) is 3. The Bertz CT molecular complexity index is 792. The monoisotopic (exact) mass is 284 g/mol. The summed E-state index contributed by atoms with van der Waals surface area (Å²) in [7, 11) is -4.29. The molecule has 98 valence electrons. The fourth-order valence-electron chi connectivity index (χ4n) is 1.51. The van der Waals surface area contributed by atoms with E-state index >= 15 is 0 Å². The third-order valence-corrected chi connectivity index (χ3v) is 3.18. The zero-order valence-corrected chi connectivity index (χ0v) is 10.0. The number of benzene rings is 1. The van der Waals surface area contributed by atoms with Crippen LogP contribution in [0.15, 0.2) is 29.4 Å². The van der Waals surface area contributed by atoms with Crippen molar-refractivity contribution in [3.05, 3.63) is 41.6 Å². The lowest BCUT2D eigenvalue weighted by molar-refractivity contribution is 0.562. The maximum absolute atomic E-state index is 13.6. The number of sulfonamides is 1. The van der Waals surface area contributed by atoms with Gasteiger partial charge in [-0.1, -0.05) is 0 Å². The van der Waals surface area contributed by atoms with Gasteiger partial charge in [-0.3, -0.25) is 0 Å². The molecule has 2 N–H and O–H groups in total. The first-order valence-corrected chi connectivity index (χ1v) is 6.35. The predicted octanol–water partition coefficient (Wildman–Crippen LogP) is 0.670. The topological polar surface area (TPSA) is 102 Å². The molecule has 9 heteroatoms. The maximum atomic E-state index is 13.6. The maximum Gasteiger partial charge on any atom is 0.257 e. The summed E-state index contributed by atoms with van der Waals surface area (Å²) in [5, 5.41) is 16.7. The summed E-state index contributed by atoms with van der Waals surface area (Å²) in [5.41, 5.74) is -0.654. The van der Waals surface area contributed by atoms with Crippen molar-refractivity contribution in [3.8, 4) is 11.8 Å². The van der Waals surface area contributed by atoms with Crippen molar-refractivity contribution in [2.24, 2.45) is 5.14 Å². The van der Waals surface area contributed by atoms with Gasteiger partial charge in [-0.15, -0.1) is 0 Å². The Morgan fingerprint density at radius 1 is 1.37 bits per heavy atom. The van der Waals surface area contributed by atoms with Gasteiger partial charge in [-0.25, -0.2) is 27.0 Å². The van der Waals surface area contributed by atoms with Crippen molar-refractivity contribution in [1.82, 2.24) is 9.78 Å². The van der Waals surface area contributed by atoms with Gasteiger partial charge in [-0.2, -0.15) is 10.4 Å². The molecule has 2 rings (SSSR count). The standard InChI is InChI=1S/C10H6F2N4O2S/c11-7-1-2-9(8(12)3-7)16-10(19(14,17)18)6(4-13)5-15-16/h1-3,5H,(H2,14,17,18). The van der Waals surface area contributed by atoms with Crippen LogP contribution >= 0.6 is 0 Å². The zero-order chi connectivity index (χ0) is 14.2. The second-order valence-corrected chi connectivity index (χ2v) is 5.00. The molecular weight excluding hydrogens is 278 g/mol. The normalized spacial score (nSPS) is 11.3. The van der Waals surface area contributed by atoms with Crippen molar-refractivity contribution in [1.29, 1.82) is 5.26 Å². The number of nitrogens with two attached hydrogens (primary N) is 1. The summed E-state index contributed by atoms with van der Waals surface area (Å²) in [4.78, 5) is 0. The predicted molar refractivity (Wildman–Crippen MR) is 59.6 cm³/mol. The molecule has 0 saturated heterocycles. The van der Waals surface area contributed by atoms with Crippen LogP contribution in [0.2, 0.25) is 0 Å². The second-order valence-electron chi connectivity index (χ2n) is 3.53. The molecule has 6 nitrogen and oxygen atoms in total. The summed E-state index contributed by atoms with van der Waals surface area (Å²) in [5.74, 6) is -1.86. The number of nitriles is 1. The molecule has 0 amide bonds. The van der Waals surface area contributed by atoms with Gasteiger partial charge in [0.05, 0.1) is 6.20 Å². The van der Waals surface area contributed by atoms with Crippen LogP contribution in [0.25, 0.3) is 5.69 Å². The fraction of sp³-hybridized carbons (Fsp3) is 0. The van der Waals surface area contributed by atoms with E-state index in [1.165, 1.54) is 0 Å². The van der Waals surface area contributed by atoms with E-state index in [1.54, 1.807) is 6.07 Å². The van der Waals surface area contributed by atoms with Crippen LogP contribution in [-0.2, 0) is 10.0 Å². The van der Waals surface area contributed by atoms with E-state index in [2.05, 4.69) is 5.10 Å². The highest BCUT2D eigenvalue weighted by molar-refractivity contribution is 7.89. The van der Waals surface area contributed by atoms with Gasteiger partial charge in [0, 0.05) is 6.07 Å². The van der Waals surface area contributed by atoms with Gasteiger partial charge in [0.25, 0.3) is 10.0 Å². The largest absolute Gasteiger partial charge is 0.257 e. The number of rotatable bonds is 2. The number of primary sulfonamides is 1. The van der Waals surface area contributed by atoms with E-state index in [0.29, 0.717) is 10.7 Å².